The van der Waals surface area contributed by atoms with Crippen molar-refractivity contribution in [2.75, 3.05) is 7.11 Å². The van der Waals surface area contributed by atoms with Crippen LogP contribution in [0.5, 0.6) is 11.5 Å². The number of benzene rings is 2. The molecule has 2 amide bonds. The number of hydrogen-bond donors (Lipinski definition) is 1. The lowest BCUT2D eigenvalue weighted by Crippen LogP contribution is -2.57. The van der Waals surface area contributed by atoms with Gasteiger partial charge in [0.1, 0.15) is 6.61 Å². The summed E-state index contributed by atoms with van der Waals surface area (Å²) in [6.07, 6.45) is 8.11. The molecule has 1 saturated heterocycles. The maximum atomic E-state index is 13.5. The molecule has 4 bridgehead atoms. The van der Waals surface area contributed by atoms with Crippen molar-refractivity contribution >= 4 is 57.8 Å². The highest BCUT2D eigenvalue weighted by Crippen LogP contribution is 2.60. The van der Waals surface area contributed by atoms with Gasteiger partial charge in [0.05, 0.1) is 34.1 Å². The van der Waals surface area contributed by atoms with E-state index in [1.807, 2.05) is 12.1 Å². The molecule has 206 valence electrons. The molecule has 0 aromatic heterocycles. The van der Waals surface area contributed by atoms with Crippen molar-refractivity contribution in [1.29, 1.82) is 5.26 Å². The number of halogens is 1. The second kappa shape index (κ2) is 10.7. The molecule has 2 aromatic carbocycles. The molecule has 5 fully saturated rings. The zero-order chi connectivity index (χ0) is 28.0. The first-order valence-electron chi connectivity index (χ1n) is 13.4. The summed E-state index contributed by atoms with van der Waals surface area (Å²) in [6.45, 7) is 0.140. The Labute approximate surface area is 247 Å². The van der Waals surface area contributed by atoms with E-state index in [-0.39, 0.29) is 23.8 Å². The van der Waals surface area contributed by atoms with Crippen LogP contribution in [0.3, 0.4) is 0 Å². The number of hydrogen-bond acceptors (Lipinski definition) is 7. The van der Waals surface area contributed by atoms with Gasteiger partial charge in [-0.05, 0) is 98.3 Å². The van der Waals surface area contributed by atoms with E-state index in [2.05, 4.69) is 11.5 Å². The van der Waals surface area contributed by atoms with E-state index < -0.39 is 0 Å². The minimum absolute atomic E-state index is 0.0756. The van der Waals surface area contributed by atoms with Crippen molar-refractivity contribution in [1.82, 2.24) is 10.4 Å². The molecular formula is C30H28ClN3O4S2. The number of amides is 2. The van der Waals surface area contributed by atoms with Crippen LogP contribution < -0.4 is 14.9 Å². The maximum Gasteiger partial charge on any atom is 0.285 e. The number of nitriles is 1. The fourth-order valence-corrected chi connectivity index (χ4v) is 8.65. The minimum Gasteiger partial charge on any atom is -0.493 e. The van der Waals surface area contributed by atoms with Gasteiger partial charge in [0, 0.05) is 5.56 Å². The summed E-state index contributed by atoms with van der Waals surface area (Å²) in [6, 6.07) is 12.7. The SMILES string of the molecule is COc1cc(/C=C2\SC(=S)N(NC(=O)C34CC5CC(CC(C5)C3)C4)C2=O)cc(Cl)c1OCc1ccccc1C#N. The van der Waals surface area contributed by atoms with E-state index >= 15 is 0 Å². The number of rotatable bonds is 7. The van der Waals surface area contributed by atoms with Crippen LogP contribution in [-0.4, -0.2) is 28.3 Å². The highest BCUT2D eigenvalue weighted by molar-refractivity contribution is 8.26. The Morgan fingerprint density at radius 3 is 2.55 bits per heavy atom. The van der Waals surface area contributed by atoms with E-state index in [1.165, 1.54) is 31.4 Å². The normalized spacial score (nSPS) is 27.7. The first kappa shape index (κ1) is 27.1. The predicted molar refractivity (Wildman–Crippen MR) is 157 cm³/mol. The summed E-state index contributed by atoms with van der Waals surface area (Å²) in [7, 11) is 1.50. The molecule has 0 unspecified atom stereocenters. The number of nitrogens with one attached hydrogen (secondary N) is 1. The molecule has 5 aliphatic rings. The van der Waals surface area contributed by atoms with Crippen molar-refractivity contribution in [3.05, 3.63) is 63.0 Å². The highest BCUT2D eigenvalue weighted by Gasteiger charge is 2.55. The van der Waals surface area contributed by atoms with Gasteiger partial charge < -0.3 is 9.47 Å². The van der Waals surface area contributed by atoms with E-state index in [0.29, 0.717) is 54.6 Å². The first-order chi connectivity index (χ1) is 19.3. The lowest BCUT2D eigenvalue weighted by atomic mass is 9.49. The summed E-state index contributed by atoms with van der Waals surface area (Å²) in [5.41, 5.74) is 4.37. The van der Waals surface area contributed by atoms with Crippen LogP contribution in [0.1, 0.15) is 55.2 Å². The number of carbonyl (C=O) groups is 2. The molecule has 10 heteroatoms. The zero-order valence-corrected chi connectivity index (χ0v) is 24.3. The fraction of sp³-hybridized carbons (Fsp3) is 0.400. The Kier molecular flexibility index (Phi) is 7.28. The summed E-state index contributed by atoms with van der Waals surface area (Å²) < 4.78 is 11.8. The Hall–Kier alpha value is -3.06. The standard InChI is InChI=1S/C30H28ClN3O4S2/c1-37-24-10-17(9-23(31)26(24)38-16-22-5-3-2-4-21(22)15-32)11-25-27(35)34(29(39)40-25)33-28(36)30-12-18-6-19(13-30)8-20(7-18)14-30/h2-5,9-11,18-20H,6-8,12-14,16H2,1H3,(H,33,36)/b25-11-. The van der Waals surface area contributed by atoms with Crippen LogP contribution in [0.4, 0.5) is 0 Å². The monoisotopic (exact) mass is 593 g/mol. The second-order valence-electron chi connectivity index (χ2n) is 11.2. The predicted octanol–water partition coefficient (Wildman–Crippen LogP) is 6.25. The van der Waals surface area contributed by atoms with E-state index in [1.54, 1.807) is 30.3 Å². The fourth-order valence-electron chi connectivity index (χ4n) is 7.19. The van der Waals surface area contributed by atoms with Crippen molar-refractivity contribution in [3.63, 3.8) is 0 Å². The topological polar surface area (TPSA) is 91.7 Å². The Bertz CT molecular complexity index is 1450. The van der Waals surface area contributed by atoms with E-state index in [0.717, 1.165) is 36.6 Å². The molecule has 0 radical (unpaired) electrons. The van der Waals surface area contributed by atoms with Gasteiger partial charge in [-0.25, -0.2) is 0 Å². The van der Waals surface area contributed by atoms with Gasteiger partial charge in [0.2, 0.25) is 5.91 Å². The van der Waals surface area contributed by atoms with Gasteiger partial charge in [-0.15, -0.1) is 0 Å². The second-order valence-corrected chi connectivity index (χ2v) is 13.3. The molecule has 1 heterocycles. The Morgan fingerprint density at radius 1 is 1.23 bits per heavy atom. The molecule has 0 atom stereocenters. The number of thiocarbonyl (C=S) groups is 1. The number of methoxy groups -OCH3 is 1. The lowest BCUT2D eigenvalue weighted by molar-refractivity contribution is -0.152. The quantitative estimate of drug-likeness (QED) is 0.300. The largest absolute Gasteiger partial charge is 0.493 e. The molecule has 7 rings (SSSR count). The number of hydrazine groups is 1. The number of carbonyl (C=O) groups excluding carboxylic acids is 2. The van der Waals surface area contributed by atoms with Crippen LogP contribution in [-0.2, 0) is 16.2 Å². The summed E-state index contributed by atoms with van der Waals surface area (Å²) in [4.78, 5) is 27.2. The maximum absolute atomic E-state index is 13.5. The molecule has 1 N–H and O–H groups in total. The first-order valence-corrected chi connectivity index (χ1v) is 15.0. The van der Waals surface area contributed by atoms with Crippen LogP contribution in [0.15, 0.2) is 41.3 Å². The molecule has 4 saturated carbocycles. The van der Waals surface area contributed by atoms with E-state index in [4.69, 9.17) is 33.3 Å². The number of nitrogens with zero attached hydrogens (tertiary/aromatic N) is 2. The molecule has 1 aliphatic heterocycles. The highest BCUT2D eigenvalue weighted by atomic mass is 35.5. The Balaban J connectivity index is 1.17. The summed E-state index contributed by atoms with van der Waals surface area (Å²) in [5, 5.41) is 10.9. The summed E-state index contributed by atoms with van der Waals surface area (Å²) in [5.74, 6) is 2.15. The van der Waals surface area contributed by atoms with Crippen molar-refractivity contribution in [2.45, 2.75) is 45.1 Å². The smallest absolute Gasteiger partial charge is 0.285 e. The average Bonchev–Trinajstić information content (AvgIpc) is 3.18. The van der Waals surface area contributed by atoms with Gasteiger partial charge >= 0.3 is 0 Å². The number of thioether (sulfide) groups is 1. The molecule has 2 aromatic rings. The molecule has 0 spiro atoms. The molecular weight excluding hydrogens is 566 g/mol. The molecule has 7 nitrogen and oxygen atoms in total. The third-order valence-corrected chi connectivity index (χ3v) is 10.2. The average molecular weight is 594 g/mol. The van der Waals surface area contributed by atoms with E-state index in [9.17, 15) is 14.9 Å². The van der Waals surface area contributed by atoms with Crippen molar-refractivity contribution in [2.24, 2.45) is 23.2 Å². The van der Waals surface area contributed by atoms with Crippen molar-refractivity contribution in [3.8, 4) is 17.6 Å². The van der Waals surface area contributed by atoms with Crippen LogP contribution in [0.25, 0.3) is 6.08 Å². The van der Waals surface area contributed by atoms with Gasteiger partial charge in [0.25, 0.3) is 5.91 Å². The summed E-state index contributed by atoms with van der Waals surface area (Å²) >= 11 is 13.2. The minimum atomic E-state index is -0.383. The lowest BCUT2D eigenvalue weighted by Gasteiger charge is -2.55. The van der Waals surface area contributed by atoms with Gasteiger partial charge in [-0.2, -0.15) is 10.3 Å². The zero-order valence-electron chi connectivity index (χ0n) is 21.9. The van der Waals surface area contributed by atoms with Crippen LogP contribution in [0, 0.1) is 34.5 Å². The van der Waals surface area contributed by atoms with Gasteiger partial charge in [0.15, 0.2) is 15.8 Å². The molecule has 40 heavy (non-hydrogen) atoms. The van der Waals surface area contributed by atoms with Gasteiger partial charge in [-0.1, -0.05) is 41.6 Å². The third kappa shape index (κ3) is 4.98. The third-order valence-electron chi connectivity index (χ3n) is 8.59. The Morgan fingerprint density at radius 2 is 1.90 bits per heavy atom. The van der Waals surface area contributed by atoms with Gasteiger partial charge in [-0.3, -0.25) is 15.0 Å². The van der Waals surface area contributed by atoms with Crippen LogP contribution in [0.2, 0.25) is 5.02 Å². The van der Waals surface area contributed by atoms with Crippen molar-refractivity contribution < 1.29 is 19.1 Å². The number of ether oxygens (including phenoxy) is 2. The van der Waals surface area contributed by atoms with Crippen LogP contribution >= 0.6 is 35.6 Å². The molecule has 4 aliphatic carbocycles.